The van der Waals surface area contributed by atoms with E-state index in [1.165, 1.54) is 4.90 Å². The van der Waals surface area contributed by atoms with Crippen LogP contribution >= 0.6 is 0 Å². The highest BCUT2D eigenvalue weighted by molar-refractivity contribution is 5.79. The van der Waals surface area contributed by atoms with E-state index in [0.717, 1.165) is 12.5 Å². The zero-order valence-corrected chi connectivity index (χ0v) is 11.5. The fourth-order valence-electron chi connectivity index (χ4n) is 1.47. The van der Waals surface area contributed by atoms with E-state index in [-0.39, 0.29) is 6.54 Å². The maximum atomic E-state index is 11.9. The van der Waals surface area contributed by atoms with Gasteiger partial charge in [-0.3, -0.25) is 4.98 Å². The van der Waals surface area contributed by atoms with Gasteiger partial charge in [0.15, 0.2) is 5.60 Å². The number of carbonyl (C=O) groups excluding carboxylic acids is 1. The summed E-state index contributed by atoms with van der Waals surface area (Å²) in [5.74, 6) is -1.38. The van der Waals surface area contributed by atoms with Crippen LogP contribution in [0.4, 0.5) is 4.79 Å². The average molecular weight is 281 g/mol. The number of carbonyl (C=O) groups is 2. The maximum Gasteiger partial charge on any atom is 0.337 e. The van der Waals surface area contributed by atoms with Crippen LogP contribution in [0.2, 0.25) is 0 Å². The molecule has 20 heavy (non-hydrogen) atoms. The van der Waals surface area contributed by atoms with E-state index < -0.39 is 17.6 Å². The molecule has 0 radical (unpaired) electrons. The van der Waals surface area contributed by atoms with E-state index in [1.807, 2.05) is 6.92 Å². The number of rotatable bonds is 6. The van der Waals surface area contributed by atoms with Gasteiger partial charge in [0.1, 0.15) is 0 Å². The molecule has 7 heteroatoms. The number of urea groups is 1. The highest BCUT2D eigenvalue weighted by atomic mass is 16.4. The van der Waals surface area contributed by atoms with Crippen LogP contribution < -0.4 is 5.32 Å². The van der Waals surface area contributed by atoms with Gasteiger partial charge >= 0.3 is 12.0 Å². The molecule has 1 aromatic heterocycles. The predicted octanol–water partition coefficient (Wildman–Crippen LogP) is 0.449. The summed E-state index contributed by atoms with van der Waals surface area (Å²) in [6.45, 7) is 3.45. The molecule has 1 atom stereocenters. The number of hydrogen-bond donors (Lipinski definition) is 3. The molecule has 2 amide bonds. The fraction of sp³-hybridized carbons (Fsp3) is 0.462. The van der Waals surface area contributed by atoms with Crippen LogP contribution in [0.1, 0.15) is 19.4 Å². The van der Waals surface area contributed by atoms with E-state index in [1.54, 1.807) is 24.5 Å². The smallest absolute Gasteiger partial charge is 0.337 e. The van der Waals surface area contributed by atoms with Gasteiger partial charge in [-0.25, -0.2) is 9.59 Å². The molecule has 110 valence electrons. The topological polar surface area (TPSA) is 103 Å². The van der Waals surface area contributed by atoms with Gasteiger partial charge in [0.05, 0.1) is 6.54 Å². The molecule has 0 aliphatic heterocycles. The number of hydrogen-bond acceptors (Lipinski definition) is 4. The first-order valence-electron chi connectivity index (χ1n) is 6.24. The van der Waals surface area contributed by atoms with E-state index in [9.17, 15) is 14.7 Å². The molecule has 1 unspecified atom stereocenters. The SMILES string of the molecule is CCN(Cc1ccncc1)C(=O)NCC(C)(O)C(=O)O. The van der Waals surface area contributed by atoms with Crippen LogP contribution in [0.25, 0.3) is 0 Å². The summed E-state index contributed by atoms with van der Waals surface area (Å²) in [5.41, 5.74) is -1.06. The standard InChI is InChI=1S/C13H19N3O4/c1-3-16(8-10-4-6-14-7-5-10)12(19)15-9-13(2,20)11(17)18/h4-7,20H,3,8-9H2,1-2H3,(H,15,19)(H,17,18). The summed E-state index contributed by atoms with van der Waals surface area (Å²) >= 11 is 0. The van der Waals surface area contributed by atoms with E-state index in [0.29, 0.717) is 13.1 Å². The Balaban J connectivity index is 2.58. The number of pyridine rings is 1. The zero-order chi connectivity index (χ0) is 15.2. The lowest BCUT2D eigenvalue weighted by Crippen LogP contribution is -2.50. The van der Waals surface area contributed by atoms with Gasteiger partial charge < -0.3 is 20.4 Å². The summed E-state index contributed by atoms with van der Waals surface area (Å²) in [6, 6.07) is 3.16. The number of aromatic nitrogens is 1. The second-order valence-corrected chi connectivity index (χ2v) is 4.61. The zero-order valence-electron chi connectivity index (χ0n) is 11.5. The predicted molar refractivity (Wildman–Crippen MR) is 72.0 cm³/mol. The van der Waals surface area contributed by atoms with E-state index in [2.05, 4.69) is 10.3 Å². The van der Waals surface area contributed by atoms with Gasteiger partial charge in [-0.15, -0.1) is 0 Å². The lowest BCUT2D eigenvalue weighted by molar-refractivity contribution is -0.155. The quantitative estimate of drug-likeness (QED) is 0.702. The lowest BCUT2D eigenvalue weighted by atomic mass is 10.1. The summed E-state index contributed by atoms with van der Waals surface area (Å²) in [4.78, 5) is 28.1. The number of amides is 2. The van der Waals surface area contributed by atoms with Crippen molar-refractivity contribution in [3.05, 3.63) is 30.1 Å². The Morgan fingerprint density at radius 3 is 2.50 bits per heavy atom. The minimum Gasteiger partial charge on any atom is -0.479 e. The van der Waals surface area contributed by atoms with E-state index >= 15 is 0 Å². The Bertz CT molecular complexity index is 462. The van der Waals surface area contributed by atoms with Crippen LogP contribution in [0.3, 0.4) is 0 Å². The van der Waals surface area contributed by atoms with Crippen molar-refractivity contribution >= 4 is 12.0 Å². The molecule has 0 spiro atoms. The van der Waals surface area contributed by atoms with Crippen molar-refractivity contribution < 1.29 is 19.8 Å². The van der Waals surface area contributed by atoms with Crippen LogP contribution in [0.5, 0.6) is 0 Å². The monoisotopic (exact) mass is 281 g/mol. The molecule has 0 fully saturated rings. The Morgan fingerprint density at radius 2 is 2.00 bits per heavy atom. The summed E-state index contributed by atoms with van der Waals surface area (Å²) < 4.78 is 0. The van der Waals surface area contributed by atoms with Crippen molar-refractivity contribution in [1.29, 1.82) is 0 Å². The van der Waals surface area contributed by atoms with Crippen LogP contribution in [0, 0.1) is 0 Å². The molecule has 0 aromatic carbocycles. The third kappa shape index (κ3) is 4.51. The number of nitrogens with zero attached hydrogens (tertiary/aromatic N) is 2. The fourth-order valence-corrected chi connectivity index (χ4v) is 1.47. The summed E-state index contributed by atoms with van der Waals surface area (Å²) in [7, 11) is 0. The minimum atomic E-state index is -1.98. The third-order valence-corrected chi connectivity index (χ3v) is 2.84. The lowest BCUT2D eigenvalue weighted by Gasteiger charge is -2.24. The largest absolute Gasteiger partial charge is 0.479 e. The van der Waals surface area contributed by atoms with Crippen molar-refractivity contribution in [3.63, 3.8) is 0 Å². The molecule has 1 aromatic rings. The van der Waals surface area contributed by atoms with Crippen LogP contribution in [-0.4, -0.2) is 50.8 Å². The Labute approximate surface area is 117 Å². The number of aliphatic hydroxyl groups is 1. The molecule has 0 saturated carbocycles. The highest BCUT2D eigenvalue weighted by Gasteiger charge is 2.30. The van der Waals surface area contributed by atoms with Gasteiger partial charge in [-0.05, 0) is 31.5 Å². The minimum absolute atomic E-state index is 0.353. The second-order valence-electron chi connectivity index (χ2n) is 4.61. The summed E-state index contributed by atoms with van der Waals surface area (Å²) in [6.07, 6.45) is 3.27. The number of aliphatic carboxylic acids is 1. The Hall–Kier alpha value is -2.15. The first kappa shape index (κ1) is 15.9. The third-order valence-electron chi connectivity index (χ3n) is 2.84. The molecule has 0 saturated heterocycles. The van der Waals surface area contributed by atoms with Gasteiger partial charge in [0.2, 0.25) is 0 Å². The maximum absolute atomic E-state index is 11.9. The highest BCUT2D eigenvalue weighted by Crippen LogP contribution is 2.05. The number of nitrogens with one attached hydrogen (secondary N) is 1. The molecular weight excluding hydrogens is 262 g/mol. The van der Waals surface area contributed by atoms with Gasteiger partial charge in [-0.2, -0.15) is 0 Å². The van der Waals surface area contributed by atoms with Crippen molar-refractivity contribution in [2.24, 2.45) is 0 Å². The molecule has 0 bridgehead atoms. The van der Waals surface area contributed by atoms with Crippen LogP contribution in [0.15, 0.2) is 24.5 Å². The second kappa shape index (κ2) is 6.85. The Kier molecular flexibility index (Phi) is 5.45. The van der Waals surface area contributed by atoms with Crippen molar-refractivity contribution in [1.82, 2.24) is 15.2 Å². The van der Waals surface area contributed by atoms with Crippen molar-refractivity contribution in [3.8, 4) is 0 Å². The molecule has 0 aliphatic carbocycles. The average Bonchev–Trinajstić information content (AvgIpc) is 2.43. The van der Waals surface area contributed by atoms with Gasteiger partial charge in [0, 0.05) is 25.5 Å². The normalized spacial score (nSPS) is 13.3. The van der Waals surface area contributed by atoms with Crippen molar-refractivity contribution in [2.45, 2.75) is 26.0 Å². The summed E-state index contributed by atoms with van der Waals surface area (Å²) in [5, 5.41) is 20.7. The molecule has 3 N–H and O–H groups in total. The molecule has 1 heterocycles. The first-order chi connectivity index (χ1) is 9.36. The number of carboxylic acid groups (broad SMARTS) is 1. The van der Waals surface area contributed by atoms with Gasteiger partial charge in [-0.1, -0.05) is 0 Å². The number of carboxylic acids is 1. The van der Waals surface area contributed by atoms with Crippen LogP contribution in [-0.2, 0) is 11.3 Å². The van der Waals surface area contributed by atoms with Crippen molar-refractivity contribution in [2.75, 3.05) is 13.1 Å². The Morgan fingerprint density at radius 1 is 1.40 bits per heavy atom. The first-order valence-corrected chi connectivity index (χ1v) is 6.24. The van der Waals surface area contributed by atoms with E-state index in [4.69, 9.17) is 5.11 Å². The molecule has 7 nitrogen and oxygen atoms in total. The molecule has 0 aliphatic rings. The van der Waals surface area contributed by atoms with Gasteiger partial charge in [0.25, 0.3) is 0 Å². The molecule has 1 rings (SSSR count). The molecular formula is C13H19N3O4.